The summed E-state index contributed by atoms with van der Waals surface area (Å²) in [5, 5.41) is 0.628. The van der Waals surface area contributed by atoms with Gasteiger partial charge >= 0.3 is 0 Å². The fraction of sp³-hybridized carbons (Fsp3) is 0.0833. The average molecular weight is 465 g/mol. The van der Waals surface area contributed by atoms with E-state index < -0.39 is 0 Å². The summed E-state index contributed by atoms with van der Waals surface area (Å²) < 4.78 is 23.7. The van der Waals surface area contributed by atoms with Crippen LogP contribution in [0.1, 0.15) is 5.82 Å². The number of fused-ring (bicyclic) bond motifs is 1. The number of ether oxygens (including phenoxy) is 1. The molecule has 2 heterocycles. The molecule has 0 radical (unpaired) electrons. The van der Waals surface area contributed by atoms with E-state index >= 15 is 0 Å². The van der Waals surface area contributed by atoms with Crippen molar-refractivity contribution in [1.82, 2.24) is 19.1 Å². The normalized spacial score (nSPS) is 11.2. The number of methoxy groups -OCH3 is 1. The van der Waals surface area contributed by atoms with Gasteiger partial charge in [0.2, 0.25) is 0 Å². The van der Waals surface area contributed by atoms with Gasteiger partial charge in [0.25, 0.3) is 0 Å². The number of nitrogens with zero attached hydrogens (tertiary/aromatic N) is 3. The van der Waals surface area contributed by atoms with E-state index in [1.54, 1.807) is 18.2 Å². The van der Waals surface area contributed by atoms with Crippen molar-refractivity contribution in [3.8, 4) is 22.7 Å². The van der Waals surface area contributed by atoms with Crippen molar-refractivity contribution in [2.75, 3.05) is 7.11 Å². The molecule has 8 heteroatoms. The second-order valence-electron chi connectivity index (χ2n) is 7.28. The molecular formula is C24H18ClFN4OS. The second kappa shape index (κ2) is 8.26. The van der Waals surface area contributed by atoms with E-state index in [0.29, 0.717) is 22.1 Å². The Kier molecular flexibility index (Phi) is 5.28. The van der Waals surface area contributed by atoms with Crippen molar-refractivity contribution >= 4 is 34.9 Å². The van der Waals surface area contributed by atoms with Crippen molar-refractivity contribution in [1.29, 1.82) is 0 Å². The number of para-hydroxylation sites is 2. The number of rotatable bonds is 5. The number of hydrogen-bond acceptors (Lipinski definition) is 3. The first-order valence-electron chi connectivity index (χ1n) is 9.89. The first-order chi connectivity index (χ1) is 15.5. The second-order valence-corrected chi connectivity index (χ2v) is 8.08. The molecule has 32 heavy (non-hydrogen) atoms. The number of halogens is 2. The smallest absolute Gasteiger partial charge is 0.185 e. The van der Waals surface area contributed by atoms with Crippen LogP contribution in [0.5, 0.6) is 5.75 Å². The quantitative estimate of drug-likeness (QED) is 0.306. The van der Waals surface area contributed by atoms with Crippen molar-refractivity contribution in [3.63, 3.8) is 0 Å². The van der Waals surface area contributed by atoms with Gasteiger partial charge in [-0.1, -0.05) is 23.7 Å². The molecule has 160 valence electrons. The number of H-pyrrole nitrogens is 1. The first-order valence-corrected chi connectivity index (χ1v) is 10.7. The Balaban J connectivity index is 1.68. The molecule has 0 saturated heterocycles. The number of imidazole rings is 2. The molecule has 0 amide bonds. The van der Waals surface area contributed by atoms with Crippen molar-refractivity contribution in [2.24, 2.45) is 0 Å². The third kappa shape index (κ3) is 3.70. The van der Waals surface area contributed by atoms with E-state index in [4.69, 9.17) is 28.6 Å². The van der Waals surface area contributed by atoms with Gasteiger partial charge in [-0.3, -0.25) is 4.57 Å². The van der Waals surface area contributed by atoms with Gasteiger partial charge in [0.15, 0.2) is 4.77 Å². The lowest BCUT2D eigenvalue weighted by molar-refractivity contribution is 0.413. The highest BCUT2D eigenvalue weighted by Gasteiger charge is 2.17. The highest BCUT2D eigenvalue weighted by molar-refractivity contribution is 7.71. The first kappa shape index (κ1) is 20.5. The minimum Gasteiger partial charge on any atom is -0.496 e. The van der Waals surface area contributed by atoms with Gasteiger partial charge in [0, 0.05) is 28.5 Å². The van der Waals surface area contributed by atoms with Crippen LogP contribution in [0.2, 0.25) is 5.02 Å². The Morgan fingerprint density at radius 3 is 2.62 bits per heavy atom. The number of hydrogen-bond donors (Lipinski definition) is 1. The monoisotopic (exact) mass is 464 g/mol. The van der Waals surface area contributed by atoms with Crippen LogP contribution in [0, 0.1) is 10.6 Å². The van der Waals surface area contributed by atoms with Crippen LogP contribution in [-0.4, -0.2) is 26.2 Å². The summed E-state index contributed by atoms with van der Waals surface area (Å²) in [7, 11) is 1.52. The minimum atomic E-state index is -0.371. The van der Waals surface area contributed by atoms with Crippen LogP contribution in [0.25, 0.3) is 28.0 Å². The molecular weight excluding hydrogens is 447 g/mol. The summed E-state index contributed by atoms with van der Waals surface area (Å²) in [6, 6.07) is 19.7. The van der Waals surface area contributed by atoms with Crippen LogP contribution < -0.4 is 4.74 Å². The highest BCUT2D eigenvalue weighted by Crippen LogP contribution is 2.33. The fourth-order valence-electron chi connectivity index (χ4n) is 3.75. The van der Waals surface area contributed by atoms with E-state index in [1.165, 1.54) is 19.2 Å². The molecule has 0 saturated carbocycles. The van der Waals surface area contributed by atoms with E-state index in [-0.39, 0.29) is 5.82 Å². The zero-order valence-corrected chi connectivity index (χ0v) is 18.6. The molecule has 3 aromatic carbocycles. The fourth-order valence-corrected chi connectivity index (χ4v) is 4.20. The maximum absolute atomic E-state index is 13.9. The van der Waals surface area contributed by atoms with E-state index in [0.717, 1.165) is 33.8 Å². The summed E-state index contributed by atoms with van der Waals surface area (Å²) in [6.45, 7) is 0.449. The molecule has 0 spiro atoms. The van der Waals surface area contributed by atoms with Crippen molar-refractivity contribution in [3.05, 3.63) is 94.4 Å². The molecule has 1 N–H and O–H groups in total. The summed E-state index contributed by atoms with van der Waals surface area (Å²) in [5.41, 5.74) is 4.19. The average Bonchev–Trinajstić information content (AvgIpc) is 3.35. The van der Waals surface area contributed by atoms with E-state index in [2.05, 4.69) is 9.97 Å². The minimum absolute atomic E-state index is 0.371. The topological polar surface area (TPSA) is 47.8 Å². The largest absolute Gasteiger partial charge is 0.496 e. The Morgan fingerprint density at radius 1 is 1.09 bits per heavy atom. The summed E-state index contributed by atoms with van der Waals surface area (Å²) in [4.78, 5) is 8.00. The molecule has 0 bridgehead atoms. The molecule has 0 aliphatic rings. The van der Waals surface area contributed by atoms with Crippen LogP contribution in [0.4, 0.5) is 4.39 Å². The Bertz CT molecular complexity index is 1450. The van der Waals surface area contributed by atoms with Gasteiger partial charge in [-0.25, -0.2) is 9.37 Å². The van der Waals surface area contributed by atoms with Crippen molar-refractivity contribution < 1.29 is 9.13 Å². The predicted octanol–water partition coefficient (Wildman–Crippen LogP) is 6.40. The van der Waals surface area contributed by atoms with Crippen LogP contribution in [0.15, 0.2) is 72.9 Å². The third-order valence-corrected chi connectivity index (χ3v) is 5.91. The number of aromatic amines is 1. The van der Waals surface area contributed by atoms with Gasteiger partial charge < -0.3 is 14.3 Å². The molecule has 0 unspecified atom stereocenters. The molecule has 2 aromatic heterocycles. The standard InChI is InChI=1S/C24H18ClFN4OS/c1-31-22-12-16(26)8-11-18(22)21-13-29(14-23-27-19-4-2-3-5-20(19)28-23)24(32)30(21)17-9-6-15(25)7-10-17/h2-13H,14H2,1H3,(H,27,28). The Hall–Kier alpha value is -3.42. The molecule has 0 aliphatic carbocycles. The van der Waals surface area contributed by atoms with E-state index in [9.17, 15) is 4.39 Å². The lowest BCUT2D eigenvalue weighted by atomic mass is 10.1. The maximum Gasteiger partial charge on any atom is 0.185 e. The van der Waals surface area contributed by atoms with Crippen LogP contribution >= 0.6 is 23.8 Å². The molecule has 0 aliphatic heterocycles. The SMILES string of the molecule is COc1cc(F)ccc1-c1cn(Cc2nc3ccccc3[nH]2)c(=S)n1-c1ccc(Cl)cc1. The Labute approximate surface area is 193 Å². The van der Waals surface area contributed by atoms with Gasteiger partial charge in [-0.2, -0.15) is 0 Å². The van der Waals surface area contributed by atoms with Gasteiger partial charge in [0.1, 0.15) is 17.4 Å². The van der Waals surface area contributed by atoms with Gasteiger partial charge in [0.05, 0.1) is 30.4 Å². The maximum atomic E-state index is 13.9. The molecule has 5 rings (SSSR count). The third-order valence-electron chi connectivity index (χ3n) is 5.24. The number of nitrogens with one attached hydrogen (secondary N) is 1. The summed E-state index contributed by atoms with van der Waals surface area (Å²) in [6.07, 6.45) is 1.93. The number of aromatic nitrogens is 4. The molecule has 0 atom stereocenters. The molecule has 5 nitrogen and oxygen atoms in total. The van der Waals surface area contributed by atoms with Crippen LogP contribution in [-0.2, 0) is 6.54 Å². The predicted molar refractivity (Wildman–Crippen MR) is 127 cm³/mol. The zero-order valence-electron chi connectivity index (χ0n) is 17.0. The van der Waals surface area contributed by atoms with Crippen molar-refractivity contribution in [2.45, 2.75) is 6.54 Å². The molecule has 0 fully saturated rings. The number of benzene rings is 3. The molecule has 5 aromatic rings. The highest BCUT2D eigenvalue weighted by atomic mass is 35.5. The lowest BCUT2D eigenvalue weighted by Gasteiger charge is -2.12. The van der Waals surface area contributed by atoms with Gasteiger partial charge in [-0.05, 0) is 60.7 Å². The van der Waals surface area contributed by atoms with Crippen LogP contribution in [0.3, 0.4) is 0 Å². The summed E-state index contributed by atoms with van der Waals surface area (Å²) in [5.74, 6) is 0.834. The lowest BCUT2D eigenvalue weighted by Crippen LogP contribution is -2.03. The van der Waals surface area contributed by atoms with Gasteiger partial charge in [-0.15, -0.1) is 0 Å². The zero-order chi connectivity index (χ0) is 22.2. The summed E-state index contributed by atoms with van der Waals surface area (Å²) >= 11 is 11.9. The Morgan fingerprint density at radius 2 is 1.88 bits per heavy atom. The van der Waals surface area contributed by atoms with E-state index in [1.807, 2.05) is 51.7 Å².